The molecule has 1 aromatic heterocycles. The second kappa shape index (κ2) is 8.63. The number of fused-ring (bicyclic) bond motifs is 1. The van der Waals surface area contributed by atoms with Gasteiger partial charge in [0, 0.05) is 24.9 Å². The first-order chi connectivity index (χ1) is 16.1. The van der Waals surface area contributed by atoms with Gasteiger partial charge in [-0.2, -0.15) is 0 Å². The van der Waals surface area contributed by atoms with Gasteiger partial charge in [0.1, 0.15) is 12.4 Å². The van der Waals surface area contributed by atoms with Crippen LogP contribution in [0.15, 0.2) is 73.1 Å². The Morgan fingerprint density at radius 1 is 1.09 bits per heavy atom. The average molecular weight is 446 g/mol. The maximum absolute atomic E-state index is 13.9. The number of carbonyl (C=O) groups is 2. The number of nitrogens with one attached hydrogen (secondary N) is 1. The monoisotopic (exact) mass is 446 g/mol. The number of carbonyl (C=O) groups excluding carboxylic acids is 2. The highest BCUT2D eigenvalue weighted by Crippen LogP contribution is 2.43. The summed E-state index contributed by atoms with van der Waals surface area (Å²) < 4.78 is 13.9. The normalized spacial score (nSPS) is 21.9. The fourth-order valence-corrected chi connectivity index (χ4v) is 4.84. The summed E-state index contributed by atoms with van der Waals surface area (Å²) in [6.45, 7) is 0.0379. The largest absolute Gasteiger partial charge is 0.394 e. The molecular formula is C25H23FN4O3. The summed E-state index contributed by atoms with van der Waals surface area (Å²) in [6, 6.07) is 16.7. The lowest BCUT2D eigenvalue weighted by molar-refractivity contribution is -0.159. The Morgan fingerprint density at radius 3 is 2.58 bits per heavy atom. The quantitative estimate of drug-likeness (QED) is 0.645. The number of nitrogens with zero attached hydrogens (tertiary/aromatic N) is 3. The number of aliphatic hydroxyl groups excluding tert-OH is 1. The van der Waals surface area contributed by atoms with Crippen molar-refractivity contribution in [2.24, 2.45) is 0 Å². The van der Waals surface area contributed by atoms with Crippen LogP contribution in [0.1, 0.15) is 11.5 Å². The van der Waals surface area contributed by atoms with Gasteiger partial charge in [0.05, 0.1) is 24.4 Å². The van der Waals surface area contributed by atoms with E-state index in [1.165, 1.54) is 17.0 Å². The number of anilines is 1. The summed E-state index contributed by atoms with van der Waals surface area (Å²) in [5.74, 6) is -0.866. The van der Waals surface area contributed by atoms with Gasteiger partial charge in [0.25, 0.3) is 0 Å². The molecule has 2 aromatic carbocycles. The standard InChI is InChI=1S/C25H23FN4O3/c26-19-5-1-2-6-20(19)28-25(33)29-13-21-24(22(15-31)30(21)23(32)14-29)17-9-7-16(8-10-17)18-4-3-11-27-12-18/h1-12,21-22,24,31H,13-15H2,(H,28,33)/t21-,22+,24-/m1/s1. The molecule has 0 radical (unpaired) electrons. The molecule has 2 aliphatic rings. The summed E-state index contributed by atoms with van der Waals surface area (Å²) >= 11 is 0. The molecule has 0 unspecified atom stereocenters. The number of hydrogen-bond acceptors (Lipinski definition) is 4. The number of rotatable bonds is 4. The zero-order valence-electron chi connectivity index (χ0n) is 17.8. The van der Waals surface area contributed by atoms with E-state index in [9.17, 15) is 19.1 Å². The molecule has 168 valence electrons. The Labute approximate surface area is 190 Å². The first kappa shape index (κ1) is 21.1. The molecule has 0 bridgehead atoms. The van der Waals surface area contributed by atoms with Crippen molar-refractivity contribution >= 4 is 17.6 Å². The summed E-state index contributed by atoms with van der Waals surface area (Å²) in [6.07, 6.45) is 3.52. The molecule has 3 aromatic rings. The number of para-hydroxylation sites is 1. The van der Waals surface area contributed by atoms with Gasteiger partial charge in [-0.1, -0.05) is 42.5 Å². The number of benzene rings is 2. The number of halogens is 1. The molecule has 3 amide bonds. The zero-order chi connectivity index (χ0) is 22.9. The lowest BCUT2D eigenvalue weighted by atomic mass is 9.73. The number of urea groups is 1. The fourth-order valence-electron chi connectivity index (χ4n) is 4.84. The Bertz CT molecular complexity index is 1170. The van der Waals surface area contributed by atoms with Crippen molar-refractivity contribution in [1.82, 2.24) is 14.8 Å². The number of piperazine rings is 1. The van der Waals surface area contributed by atoms with Crippen LogP contribution in [0.25, 0.3) is 11.1 Å². The minimum absolute atomic E-state index is 0.0711. The van der Waals surface area contributed by atoms with E-state index in [-0.39, 0.29) is 42.7 Å². The molecule has 0 spiro atoms. The molecule has 2 aliphatic heterocycles. The molecule has 33 heavy (non-hydrogen) atoms. The van der Waals surface area contributed by atoms with Crippen molar-refractivity contribution in [1.29, 1.82) is 0 Å². The maximum Gasteiger partial charge on any atom is 0.322 e. The van der Waals surface area contributed by atoms with Crippen LogP contribution in [0.4, 0.5) is 14.9 Å². The van der Waals surface area contributed by atoms with E-state index in [1.807, 2.05) is 36.4 Å². The highest BCUT2D eigenvalue weighted by molar-refractivity contribution is 5.94. The van der Waals surface area contributed by atoms with Crippen molar-refractivity contribution in [3.63, 3.8) is 0 Å². The zero-order valence-corrected chi connectivity index (χ0v) is 17.8. The molecule has 5 rings (SSSR count). The molecule has 2 fully saturated rings. The fraction of sp³-hybridized carbons (Fsp3) is 0.240. The van der Waals surface area contributed by atoms with E-state index in [1.54, 1.807) is 29.4 Å². The van der Waals surface area contributed by atoms with E-state index in [0.717, 1.165) is 16.7 Å². The molecule has 3 heterocycles. The van der Waals surface area contributed by atoms with Gasteiger partial charge in [-0.05, 0) is 34.9 Å². The number of pyridine rings is 1. The Hall–Kier alpha value is -3.78. The number of amides is 3. The lowest BCUT2D eigenvalue weighted by Gasteiger charge is -2.58. The van der Waals surface area contributed by atoms with Crippen LogP contribution in [0.2, 0.25) is 0 Å². The maximum atomic E-state index is 13.9. The first-order valence-electron chi connectivity index (χ1n) is 10.8. The predicted octanol–water partition coefficient (Wildman–Crippen LogP) is 3.09. The Morgan fingerprint density at radius 2 is 1.88 bits per heavy atom. The van der Waals surface area contributed by atoms with Gasteiger partial charge in [0.15, 0.2) is 0 Å². The van der Waals surface area contributed by atoms with Crippen LogP contribution in [0, 0.1) is 5.82 Å². The Balaban J connectivity index is 1.35. The van der Waals surface area contributed by atoms with Crippen molar-refractivity contribution in [2.45, 2.75) is 18.0 Å². The molecule has 0 saturated carbocycles. The molecule has 8 heteroatoms. The smallest absolute Gasteiger partial charge is 0.322 e. The Kier molecular flexibility index (Phi) is 5.51. The van der Waals surface area contributed by atoms with Crippen molar-refractivity contribution < 1.29 is 19.1 Å². The third-order valence-electron chi connectivity index (χ3n) is 6.45. The third-order valence-corrected chi connectivity index (χ3v) is 6.45. The number of hydrogen-bond donors (Lipinski definition) is 2. The molecular weight excluding hydrogens is 423 g/mol. The number of aliphatic hydroxyl groups is 1. The van der Waals surface area contributed by atoms with Gasteiger partial charge < -0.3 is 20.2 Å². The van der Waals surface area contributed by atoms with Crippen molar-refractivity contribution in [3.05, 3.63) is 84.4 Å². The predicted molar refractivity (Wildman–Crippen MR) is 121 cm³/mol. The minimum atomic E-state index is -0.536. The van der Waals surface area contributed by atoms with Crippen molar-refractivity contribution in [2.75, 3.05) is 25.0 Å². The molecule has 0 aliphatic carbocycles. The van der Waals surface area contributed by atoms with Crippen LogP contribution in [0.5, 0.6) is 0 Å². The highest BCUT2D eigenvalue weighted by atomic mass is 19.1. The van der Waals surface area contributed by atoms with Crippen LogP contribution in [-0.4, -0.2) is 63.6 Å². The highest BCUT2D eigenvalue weighted by Gasteiger charge is 2.54. The summed E-state index contributed by atoms with van der Waals surface area (Å²) in [5, 5.41) is 12.5. The van der Waals surface area contributed by atoms with Crippen LogP contribution < -0.4 is 5.32 Å². The van der Waals surface area contributed by atoms with E-state index >= 15 is 0 Å². The van der Waals surface area contributed by atoms with E-state index in [4.69, 9.17) is 0 Å². The van der Waals surface area contributed by atoms with Gasteiger partial charge >= 0.3 is 6.03 Å². The van der Waals surface area contributed by atoms with Crippen molar-refractivity contribution in [3.8, 4) is 11.1 Å². The summed E-state index contributed by atoms with van der Waals surface area (Å²) in [4.78, 5) is 32.8. The number of aromatic nitrogens is 1. The first-order valence-corrected chi connectivity index (χ1v) is 10.8. The van der Waals surface area contributed by atoms with Gasteiger partial charge in [-0.3, -0.25) is 9.78 Å². The SMILES string of the molecule is O=C(Nc1ccccc1F)N1CC(=O)N2[C@H](C1)[C@@H](c1ccc(-c3cccnc3)cc1)[C@@H]2CO. The second-order valence-electron chi connectivity index (χ2n) is 8.30. The van der Waals surface area contributed by atoms with Crippen LogP contribution in [-0.2, 0) is 4.79 Å². The molecule has 2 N–H and O–H groups in total. The molecule has 3 atom stereocenters. The van der Waals surface area contributed by atoms with Crippen LogP contribution in [0.3, 0.4) is 0 Å². The summed E-state index contributed by atoms with van der Waals surface area (Å²) in [7, 11) is 0. The summed E-state index contributed by atoms with van der Waals surface area (Å²) in [5.41, 5.74) is 3.09. The molecule has 7 nitrogen and oxygen atoms in total. The molecule has 2 saturated heterocycles. The van der Waals surface area contributed by atoms with Gasteiger partial charge in [-0.15, -0.1) is 0 Å². The minimum Gasteiger partial charge on any atom is -0.394 e. The van der Waals surface area contributed by atoms with E-state index in [2.05, 4.69) is 10.3 Å². The van der Waals surface area contributed by atoms with Crippen LogP contribution >= 0.6 is 0 Å². The third kappa shape index (κ3) is 3.82. The average Bonchev–Trinajstić information content (AvgIpc) is 2.82. The van der Waals surface area contributed by atoms with Gasteiger partial charge in [-0.25, -0.2) is 9.18 Å². The second-order valence-corrected chi connectivity index (χ2v) is 8.30. The van der Waals surface area contributed by atoms with Gasteiger partial charge in [0.2, 0.25) is 5.91 Å². The van der Waals surface area contributed by atoms with E-state index < -0.39 is 11.8 Å². The van der Waals surface area contributed by atoms with E-state index in [0.29, 0.717) is 6.54 Å². The lowest BCUT2D eigenvalue weighted by Crippen LogP contribution is -2.73. The topological polar surface area (TPSA) is 85.8 Å².